The summed E-state index contributed by atoms with van der Waals surface area (Å²) in [6.45, 7) is 3.90. The van der Waals surface area contributed by atoms with Gasteiger partial charge in [0.05, 0.1) is 0 Å². The molecule has 3 aromatic carbocycles. The van der Waals surface area contributed by atoms with Crippen LogP contribution in [0.4, 0.5) is 5.69 Å². The molecule has 166 valence electrons. The molecule has 0 aliphatic heterocycles. The maximum atomic E-state index is 10.8. The highest BCUT2D eigenvalue weighted by atomic mass is 35.5. The first-order valence-corrected chi connectivity index (χ1v) is 11.2. The van der Waals surface area contributed by atoms with Crippen LogP contribution in [0.5, 0.6) is 0 Å². The van der Waals surface area contributed by atoms with Crippen LogP contribution in [0.1, 0.15) is 24.1 Å². The molecule has 2 aromatic heterocycles. The number of nitrogens with zero attached hydrogens (tertiary/aromatic N) is 1. The van der Waals surface area contributed by atoms with Gasteiger partial charge in [0.15, 0.2) is 0 Å². The van der Waals surface area contributed by atoms with Crippen molar-refractivity contribution in [3.63, 3.8) is 0 Å². The molecule has 5 aromatic rings. The first-order chi connectivity index (χ1) is 16.0. The molecule has 0 radical (unpaired) electrons. The Kier molecular flexibility index (Phi) is 6.76. The molecule has 1 unspecified atom stereocenters. The van der Waals surface area contributed by atoms with Gasteiger partial charge in [-0.2, -0.15) is 0 Å². The van der Waals surface area contributed by atoms with E-state index in [-0.39, 0.29) is 5.92 Å². The fraction of sp³-hybridized carbons (Fsp3) is 0.143. The zero-order valence-electron chi connectivity index (χ0n) is 18.9. The third-order valence-corrected chi connectivity index (χ3v) is 5.95. The highest BCUT2D eigenvalue weighted by Crippen LogP contribution is 2.29. The van der Waals surface area contributed by atoms with Gasteiger partial charge >= 0.3 is 0 Å². The monoisotopic (exact) mass is 455 g/mol. The summed E-state index contributed by atoms with van der Waals surface area (Å²) in [5.74, 6) is -0.0793. The molecule has 0 aliphatic carbocycles. The molecule has 33 heavy (non-hydrogen) atoms. The summed E-state index contributed by atoms with van der Waals surface area (Å²) in [6.07, 6.45) is 2.80. The van der Waals surface area contributed by atoms with E-state index in [4.69, 9.17) is 11.6 Å². The van der Waals surface area contributed by atoms with Gasteiger partial charge in [0.25, 0.3) is 0 Å². The minimum atomic E-state index is -0.0793. The number of rotatable bonds is 4. The summed E-state index contributed by atoms with van der Waals surface area (Å²) >= 11 is 6.02. The summed E-state index contributed by atoms with van der Waals surface area (Å²) in [7, 11) is 1.92. The molecule has 2 N–H and O–H groups in total. The van der Waals surface area contributed by atoms with Crippen molar-refractivity contribution in [1.82, 2.24) is 9.97 Å². The summed E-state index contributed by atoms with van der Waals surface area (Å²) < 4.78 is 0. The molecule has 5 heteroatoms. The van der Waals surface area contributed by atoms with Crippen LogP contribution in [0.15, 0.2) is 79.0 Å². The second-order valence-corrected chi connectivity index (χ2v) is 8.49. The van der Waals surface area contributed by atoms with Crippen LogP contribution in [0.25, 0.3) is 32.9 Å². The lowest BCUT2D eigenvalue weighted by molar-refractivity contribution is -0.108. The predicted molar refractivity (Wildman–Crippen MR) is 139 cm³/mol. The van der Waals surface area contributed by atoms with Crippen LogP contribution in [0, 0.1) is 6.92 Å². The lowest BCUT2D eigenvalue weighted by Gasteiger charge is -2.04. The van der Waals surface area contributed by atoms with Crippen molar-refractivity contribution < 1.29 is 4.79 Å². The van der Waals surface area contributed by atoms with Crippen LogP contribution in [0.3, 0.4) is 0 Å². The molecular weight excluding hydrogens is 430 g/mol. The number of pyridine rings is 1. The molecule has 4 nitrogen and oxygen atoms in total. The second-order valence-electron chi connectivity index (χ2n) is 8.06. The number of carbonyl (C=O) groups excluding carboxylic acids is 1. The average Bonchev–Trinajstić information content (AvgIpc) is 3.21. The Hall–Kier alpha value is -3.63. The number of aromatic nitrogens is 2. The Morgan fingerprint density at radius 3 is 2.39 bits per heavy atom. The first kappa shape index (κ1) is 22.6. The standard InChI is InChI=1S/C15H12ClNO.C13H14N2/c1-9(8-18)10-2-4-12-13-7-11(16)3-5-14(13)17-15(12)6-10;1-10-9-12(7-8-15-10)11-3-5-13(14-2)6-4-11/h2-9,17H,1H3;3-9,14H,1-2H3. The minimum absolute atomic E-state index is 0.0793. The van der Waals surface area contributed by atoms with Gasteiger partial charge in [0.1, 0.15) is 6.29 Å². The Balaban J connectivity index is 0.000000160. The highest BCUT2D eigenvalue weighted by molar-refractivity contribution is 6.31. The Morgan fingerprint density at radius 2 is 1.70 bits per heavy atom. The number of nitrogens with one attached hydrogen (secondary N) is 2. The van der Waals surface area contributed by atoms with E-state index < -0.39 is 0 Å². The van der Waals surface area contributed by atoms with Gasteiger partial charge in [-0.05, 0) is 72.1 Å². The van der Waals surface area contributed by atoms with E-state index in [1.54, 1.807) is 0 Å². The van der Waals surface area contributed by atoms with E-state index in [2.05, 4.69) is 45.6 Å². The number of anilines is 1. The number of hydrogen-bond acceptors (Lipinski definition) is 3. The van der Waals surface area contributed by atoms with Gasteiger partial charge in [0, 0.05) is 57.4 Å². The zero-order chi connectivity index (χ0) is 23.4. The largest absolute Gasteiger partial charge is 0.388 e. The third-order valence-electron chi connectivity index (χ3n) is 5.72. The van der Waals surface area contributed by atoms with Crippen molar-refractivity contribution in [2.75, 3.05) is 12.4 Å². The summed E-state index contributed by atoms with van der Waals surface area (Å²) in [5.41, 5.74) is 7.73. The molecule has 0 saturated carbocycles. The van der Waals surface area contributed by atoms with Crippen LogP contribution in [0.2, 0.25) is 5.02 Å². The molecule has 0 fully saturated rings. The predicted octanol–water partition coefficient (Wildman–Crippen LogP) is 7.38. The SMILES string of the molecule is CC(C=O)c1ccc2c(c1)[nH]c1ccc(Cl)cc12.CNc1ccc(-c2ccnc(C)c2)cc1. The van der Waals surface area contributed by atoms with Crippen molar-refractivity contribution >= 4 is 45.4 Å². The lowest BCUT2D eigenvalue weighted by atomic mass is 10.0. The topological polar surface area (TPSA) is 57.8 Å². The van der Waals surface area contributed by atoms with E-state index >= 15 is 0 Å². The minimum Gasteiger partial charge on any atom is -0.388 e. The van der Waals surface area contributed by atoms with E-state index in [0.717, 1.165) is 50.1 Å². The molecule has 0 spiro atoms. The molecule has 5 rings (SSSR count). The van der Waals surface area contributed by atoms with Gasteiger partial charge in [0.2, 0.25) is 0 Å². The first-order valence-electron chi connectivity index (χ1n) is 10.9. The number of aryl methyl sites for hydroxylation is 1. The number of aldehydes is 1. The van der Waals surface area contributed by atoms with E-state index in [9.17, 15) is 4.79 Å². The van der Waals surface area contributed by atoms with Gasteiger partial charge in [-0.15, -0.1) is 0 Å². The Bertz CT molecular complexity index is 1410. The maximum absolute atomic E-state index is 10.8. The Labute approximate surface area is 198 Å². The van der Waals surface area contributed by atoms with Gasteiger partial charge < -0.3 is 15.1 Å². The number of H-pyrrole nitrogens is 1. The number of fused-ring (bicyclic) bond motifs is 3. The smallest absolute Gasteiger partial charge is 0.127 e. The second kappa shape index (κ2) is 9.88. The number of hydrogen-bond donors (Lipinski definition) is 2. The zero-order valence-corrected chi connectivity index (χ0v) is 19.6. The summed E-state index contributed by atoms with van der Waals surface area (Å²) in [5, 5.41) is 6.08. The molecule has 0 aliphatic rings. The van der Waals surface area contributed by atoms with Crippen LogP contribution in [-0.4, -0.2) is 23.3 Å². The molecular formula is C28H26ClN3O. The lowest BCUT2D eigenvalue weighted by Crippen LogP contribution is -1.93. The number of carbonyl (C=O) groups is 1. The molecule has 0 saturated heterocycles. The van der Waals surface area contributed by atoms with Crippen LogP contribution < -0.4 is 5.32 Å². The van der Waals surface area contributed by atoms with Crippen molar-refractivity contribution in [3.8, 4) is 11.1 Å². The molecule has 1 atom stereocenters. The van der Waals surface area contributed by atoms with Gasteiger partial charge in [-0.25, -0.2) is 0 Å². The molecule has 2 heterocycles. The van der Waals surface area contributed by atoms with Crippen LogP contribution in [-0.2, 0) is 4.79 Å². The number of aromatic amines is 1. The molecule has 0 bridgehead atoms. The quantitative estimate of drug-likeness (QED) is 0.278. The van der Waals surface area contributed by atoms with E-state index in [1.807, 2.05) is 69.6 Å². The van der Waals surface area contributed by atoms with Gasteiger partial charge in [-0.3, -0.25) is 4.98 Å². The third kappa shape index (κ3) is 5.07. The number of halogens is 1. The van der Waals surface area contributed by atoms with Crippen molar-refractivity contribution in [3.05, 3.63) is 95.3 Å². The fourth-order valence-corrected chi connectivity index (χ4v) is 3.98. The van der Waals surface area contributed by atoms with Crippen molar-refractivity contribution in [2.24, 2.45) is 0 Å². The summed E-state index contributed by atoms with van der Waals surface area (Å²) in [6, 6.07) is 24.4. The van der Waals surface area contributed by atoms with E-state index in [1.165, 1.54) is 11.1 Å². The molecule has 0 amide bonds. The highest BCUT2D eigenvalue weighted by Gasteiger charge is 2.08. The van der Waals surface area contributed by atoms with Crippen molar-refractivity contribution in [1.29, 1.82) is 0 Å². The fourth-order valence-electron chi connectivity index (χ4n) is 3.81. The average molecular weight is 456 g/mol. The Morgan fingerprint density at radius 1 is 0.909 bits per heavy atom. The summed E-state index contributed by atoms with van der Waals surface area (Å²) in [4.78, 5) is 18.4. The van der Waals surface area contributed by atoms with Crippen molar-refractivity contribution in [2.45, 2.75) is 19.8 Å². The number of benzene rings is 3. The van der Waals surface area contributed by atoms with E-state index in [0.29, 0.717) is 0 Å². The normalized spacial score (nSPS) is 11.6. The van der Waals surface area contributed by atoms with Crippen LogP contribution >= 0.6 is 11.6 Å². The van der Waals surface area contributed by atoms with Gasteiger partial charge in [-0.1, -0.05) is 42.8 Å². The maximum Gasteiger partial charge on any atom is 0.127 e.